The molecule has 2 N–H and O–H groups in total. The van der Waals surface area contributed by atoms with Gasteiger partial charge >= 0.3 is 0 Å². The third kappa shape index (κ3) is 2.53. The maximum atomic E-state index is 12.8. The number of carbonyl (C=O) groups is 3. The standard InChI is InChI=1S/C18H19NO5/c1-18(2,24-9-20)13-7-12-15(19-8-14(13)21)17(23)11-6-4-3-5-10(11)16(12)22/h3-6,9,13-14,19,21H,7-8H2,1-2H3/t13-,14-/m1/s1. The largest absolute Gasteiger partial charge is 0.461 e. The van der Waals surface area contributed by atoms with Crippen LogP contribution in [0.15, 0.2) is 35.5 Å². The van der Waals surface area contributed by atoms with Crippen molar-refractivity contribution in [2.24, 2.45) is 5.92 Å². The van der Waals surface area contributed by atoms with Crippen molar-refractivity contribution >= 4 is 18.0 Å². The van der Waals surface area contributed by atoms with E-state index in [-0.39, 0.29) is 30.2 Å². The van der Waals surface area contributed by atoms with Crippen LogP contribution in [0.2, 0.25) is 0 Å². The number of nitrogens with one attached hydrogen (secondary N) is 1. The molecule has 0 amide bonds. The van der Waals surface area contributed by atoms with Crippen molar-refractivity contribution in [3.05, 3.63) is 46.7 Å². The topological polar surface area (TPSA) is 92.7 Å². The molecule has 0 fully saturated rings. The van der Waals surface area contributed by atoms with Crippen LogP contribution >= 0.6 is 0 Å². The van der Waals surface area contributed by atoms with Crippen molar-refractivity contribution in [2.45, 2.75) is 32.0 Å². The molecule has 6 heteroatoms. The lowest BCUT2D eigenvalue weighted by Gasteiger charge is -2.35. The molecule has 6 nitrogen and oxygen atoms in total. The SMILES string of the molecule is CC(C)(OC=O)[C@@H]1CC2=C(NC[C@H]1O)C(=O)c1ccccc1C2=O. The van der Waals surface area contributed by atoms with Gasteiger partial charge < -0.3 is 15.2 Å². The Morgan fingerprint density at radius 2 is 1.83 bits per heavy atom. The summed E-state index contributed by atoms with van der Waals surface area (Å²) in [4.78, 5) is 36.3. The van der Waals surface area contributed by atoms with Crippen molar-refractivity contribution in [2.75, 3.05) is 6.54 Å². The van der Waals surface area contributed by atoms with Crippen molar-refractivity contribution in [3.8, 4) is 0 Å². The first kappa shape index (κ1) is 16.4. The van der Waals surface area contributed by atoms with Crippen LogP contribution in [0.3, 0.4) is 0 Å². The molecule has 2 aliphatic rings. The number of ketones is 2. The van der Waals surface area contributed by atoms with Crippen LogP contribution in [0.5, 0.6) is 0 Å². The Kier molecular flexibility index (Phi) is 4.01. The van der Waals surface area contributed by atoms with Gasteiger partial charge in [0.25, 0.3) is 6.47 Å². The number of hydrogen-bond donors (Lipinski definition) is 2. The Bertz CT molecular complexity index is 750. The molecule has 0 spiro atoms. The molecule has 0 unspecified atom stereocenters. The second-order valence-corrected chi connectivity index (χ2v) is 6.63. The van der Waals surface area contributed by atoms with Gasteiger partial charge in [-0.15, -0.1) is 0 Å². The highest BCUT2D eigenvalue weighted by Gasteiger charge is 2.43. The molecule has 1 aromatic rings. The zero-order valence-corrected chi connectivity index (χ0v) is 13.5. The van der Waals surface area contributed by atoms with Gasteiger partial charge in [0.2, 0.25) is 5.78 Å². The Labute approximate surface area is 139 Å². The minimum atomic E-state index is -0.967. The number of carbonyl (C=O) groups excluding carboxylic acids is 3. The van der Waals surface area contributed by atoms with Crippen molar-refractivity contribution < 1.29 is 24.2 Å². The second-order valence-electron chi connectivity index (χ2n) is 6.63. The van der Waals surface area contributed by atoms with E-state index in [2.05, 4.69) is 5.32 Å². The van der Waals surface area contributed by atoms with Gasteiger partial charge in [-0.1, -0.05) is 24.3 Å². The quantitative estimate of drug-likeness (QED) is 0.811. The highest BCUT2D eigenvalue weighted by molar-refractivity contribution is 6.26. The molecular formula is C18H19NO5. The lowest BCUT2D eigenvalue weighted by Crippen LogP contribution is -2.44. The molecule has 126 valence electrons. The third-order valence-corrected chi connectivity index (χ3v) is 4.84. The number of fused-ring (bicyclic) bond motifs is 1. The van der Waals surface area contributed by atoms with E-state index in [0.29, 0.717) is 23.2 Å². The summed E-state index contributed by atoms with van der Waals surface area (Å²) >= 11 is 0. The van der Waals surface area contributed by atoms with Crippen LogP contribution in [0.25, 0.3) is 0 Å². The summed E-state index contributed by atoms with van der Waals surface area (Å²) in [5.74, 6) is -0.986. The molecular weight excluding hydrogens is 310 g/mol. The number of ether oxygens (including phenoxy) is 1. The lowest BCUT2D eigenvalue weighted by atomic mass is 9.78. The fourth-order valence-corrected chi connectivity index (χ4v) is 3.43. The highest BCUT2D eigenvalue weighted by Crippen LogP contribution is 2.36. The monoisotopic (exact) mass is 329 g/mol. The molecule has 0 radical (unpaired) electrons. The summed E-state index contributed by atoms with van der Waals surface area (Å²) in [6.45, 7) is 3.81. The van der Waals surface area contributed by atoms with E-state index >= 15 is 0 Å². The summed E-state index contributed by atoms with van der Waals surface area (Å²) in [7, 11) is 0. The van der Waals surface area contributed by atoms with Gasteiger partial charge in [0, 0.05) is 29.2 Å². The van der Waals surface area contributed by atoms with E-state index in [1.54, 1.807) is 38.1 Å². The first-order valence-corrected chi connectivity index (χ1v) is 7.81. The Morgan fingerprint density at radius 1 is 1.21 bits per heavy atom. The van der Waals surface area contributed by atoms with Crippen LogP contribution in [0, 0.1) is 5.92 Å². The van der Waals surface area contributed by atoms with Crippen LogP contribution in [-0.2, 0) is 9.53 Å². The summed E-state index contributed by atoms with van der Waals surface area (Å²) in [6.07, 6.45) is -0.710. The molecule has 3 rings (SSSR count). The smallest absolute Gasteiger partial charge is 0.293 e. The number of hydrogen-bond acceptors (Lipinski definition) is 6. The van der Waals surface area contributed by atoms with E-state index in [0.717, 1.165) is 0 Å². The van der Waals surface area contributed by atoms with E-state index in [9.17, 15) is 19.5 Å². The number of aliphatic hydroxyl groups is 1. The van der Waals surface area contributed by atoms with Crippen LogP contribution in [0.1, 0.15) is 41.0 Å². The normalized spacial score (nSPS) is 23.8. The van der Waals surface area contributed by atoms with Crippen molar-refractivity contribution in [3.63, 3.8) is 0 Å². The predicted molar refractivity (Wildman–Crippen MR) is 85.5 cm³/mol. The van der Waals surface area contributed by atoms with E-state index in [1.807, 2.05) is 0 Å². The molecule has 0 saturated heterocycles. The molecule has 0 aromatic heterocycles. The lowest BCUT2D eigenvalue weighted by molar-refractivity contribution is -0.150. The molecule has 1 heterocycles. The summed E-state index contributed by atoms with van der Waals surface area (Å²) in [6, 6.07) is 6.68. The number of benzene rings is 1. The van der Waals surface area contributed by atoms with Crippen LogP contribution < -0.4 is 5.32 Å². The fraction of sp³-hybridized carbons (Fsp3) is 0.389. The average molecular weight is 329 g/mol. The number of β-amino-alcohol motifs (C(OH)–C–C–N with tert-alkyl or cyclic N) is 1. The maximum Gasteiger partial charge on any atom is 0.293 e. The number of Topliss-reactive ketones (excluding diaryl/α,β-unsaturated/α-hetero) is 2. The minimum absolute atomic E-state index is 0.107. The Hall–Kier alpha value is -2.47. The summed E-state index contributed by atoms with van der Waals surface area (Å²) < 4.78 is 5.12. The number of rotatable bonds is 3. The predicted octanol–water partition coefficient (Wildman–Crippen LogP) is 1.24. The molecule has 1 aromatic carbocycles. The van der Waals surface area contributed by atoms with Gasteiger partial charge in [-0.25, -0.2) is 0 Å². The molecule has 1 aliphatic heterocycles. The Morgan fingerprint density at radius 3 is 2.46 bits per heavy atom. The number of aliphatic hydroxyl groups excluding tert-OH is 1. The van der Waals surface area contributed by atoms with Gasteiger partial charge in [-0.2, -0.15) is 0 Å². The Balaban J connectivity index is 2.04. The third-order valence-electron chi connectivity index (χ3n) is 4.84. The molecule has 0 bridgehead atoms. The van der Waals surface area contributed by atoms with E-state index in [1.165, 1.54) is 0 Å². The van der Waals surface area contributed by atoms with Crippen molar-refractivity contribution in [1.82, 2.24) is 5.32 Å². The highest BCUT2D eigenvalue weighted by atomic mass is 16.5. The molecule has 0 saturated carbocycles. The molecule has 24 heavy (non-hydrogen) atoms. The second kappa shape index (κ2) is 5.87. The van der Waals surface area contributed by atoms with E-state index in [4.69, 9.17) is 4.74 Å². The first-order valence-electron chi connectivity index (χ1n) is 7.81. The van der Waals surface area contributed by atoms with Gasteiger partial charge in [-0.3, -0.25) is 14.4 Å². The van der Waals surface area contributed by atoms with Gasteiger partial charge in [0.1, 0.15) is 5.60 Å². The zero-order valence-electron chi connectivity index (χ0n) is 13.5. The van der Waals surface area contributed by atoms with Crippen LogP contribution in [-0.4, -0.2) is 41.4 Å². The molecule has 1 aliphatic carbocycles. The van der Waals surface area contributed by atoms with Crippen LogP contribution in [0.4, 0.5) is 0 Å². The minimum Gasteiger partial charge on any atom is -0.461 e. The average Bonchev–Trinajstić information content (AvgIpc) is 2.73. The summed E-state index contributed by atoms with van der Waals surface area (Å²) in [5, 5.41) is 13.4. The van der Waals surface area contributed by atoms with Crippen molar-refractivity contribution in [1.29, 1.82) is 0 Å². The van der Waals surface area contributed by atoms with Gasteiger partial charge in [-0.05, 0) is 20.3 Å². The van der Waals surface area contributed by atoms with Gasteiger partial charge in [0.15, 0.2) is 5.78 Å². The van der Waals surface area contributed by atoms with Gasteiger partial charge in [0.05, 0.1) is 11.8 Å². The zero-order chi connectivity index (χ0) is 17.5. The first-order chi connectivity index (χ1) is 11.4. The summed E-state index contributed by atoms with van der Waals surface area (Å²) in [5.41, 5.74) is 0.341. The van der Waals surface area contributed by atoms with E-state index < -0.39 is 17.6 Å². The molecule has 2 atom stereocenters. The fourth-order valence-electron chi connectivity index (χ4n) is 3.43. The number of allylic oxidation sites excluding steroid dienone is 2. The maximum absolute atomic E-state index is 12.8.